The van der Waals surface area contributed by atoms with Gasteiger partial charge in [0.2, 0.25) is 10.0 Å². The van der Waals surface area contributed by atoms with Crippen LogP contribution in [-0.4, -0.2) is 60.2 Å². The molecule has 0 bridgehead atoms. The lowest BCUT2D eigenvalue weighted by molar-refractivity contribution is -0.137. The molecule has 0 aliphatic carbocycles. The van der Waals surface area contributed by atoms with E-state index in [1.165, 1.54) is 38.4 Å². The molecule has 3 N–H and O–H groups in total. The van der Waals surface area contributed by atoms with Crippen molar-refractivity contribution in [2.75, 3.05) is 20.6 Å². The topological polar surface area (TPSA) is 112 Å². The van der Waals surface area contributed by atoms with Gasteiger partial charge in [-0.05, 0) is 72.5 Å². The summed E-state index contributed by atoms with van der Waals surface area (Å²) in [6.45, 7) is 2.16. The molecule has 0 fully saturated rings. The molecule has 4 rings (SSSR count). The summed E-state index contributed by atoms with van der Waals surface area (Å²) >= 11 is 0. The number of carboxylic acid groups (broad SMARTS) is 1. The van der Waals surface area contributed by atoms with Gasteiger partial charge in [-0.1, -0.05) is 30.3 Å². The second kappa shape index (κ2) is 12.3. The average molecular weight is 604 g/mol. The Kier molecular flexibility index (Phi) is 9.12. The zero-order chi connectivity index (χ0) is 30.8. The van der Waals surface area contributed by atoms with E-state index in [-0.39, 0.29) is 35.3 Å². The fraction of sp³-hybridized carbons (Fsp3) is 0.300. The van der Waals surface area contributed by atoms with Crippen molar-refractivity contribution in [3.05, 3.63) is 101 Å². The van der Waals surface area contributed by atoms with E-state index in [4.69, 9.17) is 0 Å². The number of carbonyl (C=O) groups is 1. The summed E-state index contributed by atoms with van der Waals surface area (Å²) in [5, 5.41) is 24.1. The fourth-order valence-corrected chi connectivity index (χ4v) is 5.64. The molecule has 0 aliphatic rings. The zero-order valence-corrected chi connectivity index (χ0v) is 24.1. The minimum atomic E-state index is -4.49. The Morgan fingerprint density at radius 1 is 1.00 bits per heavy atom. The predicted octanol–water partition coefficient (Wildman–Crippen LogP) is 4.91. The Bertz CT molecular complexity index is 1680. The first kappa shape index (κ1) is 31.2. The summed E-state index contributed by atoms with van der Waals surface area (Å²) in [5.41, 5.74) is 1.77. The lowest BCUT2D eigenvalue weighted by Crippen LogP contribution is -2.32. The fourth-order valence-electron chi connectivity index (χ4n) is 4.73. The van der Waals surface area contributed by atoms with Gasteiger partial charge in [-0.2, -0.15) is 13.2 Å². The molecule has 1 heterocycles. The van der Waals surface area contributed by atoms with Crippen molar-refractivity contribution in [1.82, 2.24) is 14.2 Å². The van der Waals surface area contributed by atoms with E-state index < -0.39 is 33.8 Å². The lowest BCUT2D eigenvalue weighted by atomic mass is 10.0. The quantitative estimate of drug-likeness (QED) is 0.225. The number of aliphatic hydroxyl groups excluding tert-OH is 1. The molecule has 0 aliphatic heterocycles. The number of benzene rings is 3. The van der Waals surface area contributed by atoms with Gasteiger partial charge in [-0.3, -0.25) is 0 Å². The van der Waals surface area contributed by atoms with Crippen LogP contribution in [0.3, 0.4) is 0 Å². The van der Waals surface area contributed by atoms with E-state index in [9.17, 15) is 36.6 Å². The summed E-state index contributed by atoms with van der Waals surface area (Å²) < 4.78 is 66.5. The van der Waals surface area contributed by atoms with Crippen molar-refractivity contribution in [2.24, 2.45) is 0 Å². The SMILES string of the molecule is CC(Cc1ccc2c(c1)cc(C(=O)O)n2Cc1ccc(S(=O)(=O)N(C)C)cc1)NCC(O)c1cccc(C(F)(F)F)c1. The lowest BCUT2D eigenvalue weighted by Gasteiger charge is -2.18. The predicted molar refractivity (Wildman–Crippen MR) is 153 cm³/mol. The molecule has 1 aromatic heterocycles. The standard InChI is InChI=1S/C30H32F3N3O5S/c1-19(34-17-28(37)22-5-4-6-24(15-22)30(31,32)33)13-21-9-12-26-23(14-21)16-27(29(38)39)36(26)18-20-7-10-25(11-8-20)42(40,41)35(2)3/h4-12,14-16,19,28,34,37H,13,17-18H2,1-3H3,(H,38,39). The highest BCUT2D eigenvalue weighted by atomic mass is 32.2. The number of hydrogen-bond acceptors (Lipinski definition) is 5. The highest BCUT2D eigenvalue weighted by Crippen LogP contribution is 2.31. The van der Waals surface area contributed by atoms with Crippen LogP contribution in [0.5, 0.6) is 0 Å². The Labute approximate surface area is 242 Å². The molecule has 224 valence electrons. The number of aliphatic hydroxyl groups is 1. The van der Waals surface area contributed by atoms with Crippen LogP contribution in [0.15, 0.2) is 77.7 Å². The summed E-state index contributed by atoms with van der Waals surface area (Å²) in [7, 11) is -0.689. The number of fused-ring (bicyclic) bond motifs is 1. The van der Waals surface area contributed by atoms with Gasteiger partial charge in [0.1, 0.15) is 5.69 Å². The largest absolute Gasteiger partial charge is 0.477 e. The van der Waals surface area contributed by atoms with Crippen molar-refractivity contribution in [1.29, 1.82) is 0 Å². The normalized spacial score (nSPS) is 13.9. The molecule has 2 unspecified atom stereocenters. The van der Waals surface area contributed by atoms with Crippen LogP contribution in [0, 0.1) is 0 Å². The number of rotatable bonds is 11. The van der Waals surface area contributed by atoms with E-state index in [2.05, 4.69) is 5.32 Å². The molecule has 12 heteroatoms. The summed E-state index contributed by atoms with van der Waals surface area (Å²) in [6.07, 6.45) is -5.09. The maximum absolute atomic E-state index is 13.0. The van der Waals surface area contributed by atoms with Crippen LogP contribution < -0.4 is 5.32 Å². The minimum Gasteiger partial charge on any atom is -0.477 e. The first-order valence-electron chi connectivity index (χ1n) is 13.1. The minimum absolute atomic E-state index is 0.0545. The summed E-state index contributed by atoms with van der Waals surface area (Å²) in [5.74, 6) is -1.10. The average Bonchev–Trinajstić information content (AvgIpc) is 3.29. The number of alkyl halides is 3. The Balaban J connectivity index is 1.47. The molecule has 0 radical (unpaired) electrons. The van der Waals surface area contributed by atoms with Gasteiger partial charge in [-0.25, -0.2) is 17.5 Å². The molecular weight excluding hydrogens is 571 g/mol. The van der Waals surface area contributed by atoms with Gasteiger partial charge >= 0.3 is 12.1 Å². The van der Waals surface area contributed by atoms with Crippen LogP contribution in [0.1, 0.15) is 45.8 Å². The van der Waals surface area contributed by atoms with Gasteiger partial charge in [0, 0.05) is 44.1 Å². The first-order valence-corrected chi connectivity index (χ1v) is 14.6. The molecule has 42 heavy (non-hydrogen) atoms. The molecular formula is C30H32F3N3O5S. The third-order valence-corrected chi connectivity index (χ3v) is 8.86. The number of sulfonamides is 1. The van der Waals surface area contributed by atoms with Gasteiger partial charge < -0.3 is 20.1 Å². The van der Waals surface area contributed by atoms with E-state index in [1.54, 1.807) is 22.8 Å². The van der Waals surface area contributed by atoms with E-state index in [0.29, 0.717) is 17.3 Å². The number of carboxylic acids is 1. The van der Waals surface area contributed by atoms with Crippen LogP contribution in [-0.2, 0) is 29.2 Å². The maximum Gasteiger partial charge on any atom is 0.416 e. The number of nitrogens with zero attached hydrogens (tertiary/aromatic N) is 2. The Hall–Kier alpha value is -3.71. The molecule has 2 atom stereocenters. The second-order valence-corrected chi connectivity index (χ2v) is 12.5. The molecule has 0 amide bonds. The van der Waals surface area contributed by atoms with Gasteiger partial charge in [0.05, 0.1) is 16.6 Å². The number of halogens is 3. The number of hydrogen-bond donors (Lipinski definition) is 3. The molecule has 0 saturated heterocycles. The van der Waals surface area contributed by atoms with Gasteiger partial charge in [0.25, 0.3) is 0 Å². The van der Waals surface area contributed by atoms with E-state index >= 15 is 0 Å². The monoisotopic (exact) mass is 603 g/mol. The Morgan fingerprint density at radius 2 is 1.67 bits per heavy atom. The highest BCUT2D eigenvalue weighted by molar-refractivity contribution is 7.89. The number of aromatic nitrogens is 1. The van der Waals surface area contributed by atoms with Crippen molar-refractivity contribution in [3.63, 3.8) is 0 Å². The van der Waals surface area contributed by atoms with E-state index in [0.717, 1.165) is 27.6 Å². The Morgan fingerprint density at radius 3 is 2.29 bits per heavy atom. The first-order chi connectivity index (χ1) is 19.7. The highest BCUT2D eigenvalue weighted by Gasteiger charge is 2.31. The van der Waals surface area contributed by atoms with Crippen LogP contribution in [0.4, 0.5) is 13.2 Å². The summed E-state index contributed by atoms with van der Waals surface area (Å²) in [6, 6.07) is 17.9. The van der Waals surface area contributed by atoms with Crippen molar-refractivity contribution < 1.29 is 36.6 Å². The van der Waals surface area contributed by atoms with Crippen molar-refractivity contribution >= 4 is 26.9 Å². The number of aromatic carboxylic acids is 1. The molecule has 8 nitrogen and oxygen atoms in total. The molecule has 3 aromatic carbocycles. The summed E-state index contributed by atoms with van der Waals surface area (Å²) in [4.78, 5) is 12.2. The third-order valence-electron chi connectivity index (χ3n) is 7.03. The second-order valence-electron chi connectivity index (χ2n) is 10.4. The van der Waals surface area contributed by atoms with Crippen LogP contribution in [0.25, 0.3) is 10.9 Å². The van der Waals surface area contributed by atoms with E-state index in [1.807, 2.05) is 25.1 Å². The van der Waals surface area contributed by atoms with Gasteiger partial charge in [-0.15, -0.1) is 0 Å². The molecule has 0 spiro atoms. The smallest absolute Gasteiger partial charge is 0.416 e. The maximum atomic E-state index is 13.0. The van der Waals surface area contributed by atoms with Crippen molar-refractivity contribution in [3.8, 4) is 0 Å². The van der Waals surface area contributed by atoms with Crippen LogP contribution >= 0.6 is 0 Å². The van der Waals surface area contributed by atoms with Gasteiger partial charge in [0.15, 0.2) is 0 Å². The molecule has 4 aromatic rings. The van der Waals surface area contributed by atoms with Crippen molar-refractivity contribution in [2.45, 2.75) is 43.1 Å². The zero-order valence-electron chi connectivity index (χ0n) is 23.3. The number of nitrogens with one attached hydrogen (secondary N) is 1. The third kappa shape index (κ3) is 7.01. The van der Waals surface area contributed by atoms with Crippen LogP contribution in [0.2, 0.25) is 0 Å². The molecule has 0 saturated carbocycles.